The van der Waals surface area contributed by atoms with Gasteiger partial charge in [0.05, 0.1) is 0 Å². The third-order valence-corrected chi connectivity index (χ3v) is 3.89. The molecule has 18 heavy (non-hydrogen) atoms. The van der Waals surface area contributed by atoms with E-state index >= 15 is 0 Å². The molecule has 2 unspecified atom stereocenters. The van der Waals surface area contributed by atoms with Crippen LogP contribution in [0.25, 0.3) is 0 Å². The van der Waals surface area contributed by atoms with Crippen LogP contribution in [0.3, 0.4) is 0 Å². The van der Waals surface area contributed by atoms with Gasteiger partial charge in [-0.2, -0.15) is 0 Å². The third-order valence-electron chi connectivity index (χ3n) is 3.65. The fourth-order valence-electron chi connectivity index (χ4n) is 2.63. The van der Waals surface area contributed by atoms with Crippen LogP contribution in [-0.4, -0.2) is 18.6 Å². The molecule has 1 aromatic carbocycles. The van der Waals surface area contributed by atoms with Crippen LogP contribution >= 0.6 is 11.6 Å². The van der Waals surface area contributed by atoms with Crippen LogP contribution in [0.5, 0.6) is 0 Å². The second kappa shape index (κ2) is 6.44. The van der Waals surface area contributed by atoms with Crippen molar-refractivity contribution >= 4 is 17.3 Å². The molecule has 1 aliphatic rings. The normalized spacial score (nSPS) is 21.6. The third kappa shape index (κ3) is 3.89. The Bertz CT molecular complexity index is 386. The van der Waals surface area contributed by atoms with Gasteiger partial charge in [0.25, 0.3) is 0 Å². The molecule has 0 bridgehead atoms. The van der Waals surface area contributed by atoms with E-state index in [-0.39, 0.29) is 0 Å². The molecule has 0 radical (unpaired) electrons. The van der Waals surface area contributed by atoms with Gasteiger partial charge in [-0.05, 0) is 57.4 Å². The fourth-order valence-corrected chi connectivity index (χ4v) is 2.80. The largest absolute Gasteiger partial charge is 0.382 e. The molecular formula is C15H23ClN2. The van der Waals surface area contributed by atoms with Gasteiger partial charge in [-0.3, -0.25) is 0 Å². The first-order valence-corrected chi connectivity index (χ1v) is 7.29. The molecule has 0 aliphatic carbocycles. The lowest BCUT2D eigenvalue weighted by atomic mass is 9.98. The molecule has 1 aromatic rings. The van der Waals surface area contributed by atoms with E-state index in [1.807, 2.05) is 12.1 Å². The minimum Gasteiger partial charge on any atom is -0.382 e. The van der Waals surface area contributed by atoms with E-state index in [0.29, 0.717) is 12.1 Å². The summed E-state index contributed by atoms with van der Waals surface area (Å²) in [4.78, 5) is 0. The number of piperidine rings is 1. The van der Waals surface area contributed by atoms with Crippen molar-refractivity contribution < 1.29 is 0 Å². The predicted molar refractivity (Wildman–Crippen MR) is 79.5 cm³/mol. The summed E-state index contributed by atoms with van der Waals surface area (Å²) in [6, 6.07) is 7.16. The molecule has 0 saturated carbocycles. The summed E-state index contributed by atoms with van der Waals surface area (Å²) in [6.45, 7) is 5.54. The van der Waals surface area contributed by atoms with E-state index in [2.05, 4.69) is 30.5 Å². The number of halogens is 1. The van der Waals surface area contributed by atoms with Crippen molar-refractivity contribution in [1.29, 1.82) is 0 Å². The first kappa shape index (κ1) is 13.7. The van der Waals surface area contributed by atoms with Gasteiger partial charge in [-0.25, -0.2) is 0 Å². The topological polar surface area (TPSA) is 24.1 Å². The average molecular weight is 267 g/mol. The summed E-state index contributed by atoms with van der Waals surface area (Å²) in [5.41, 5.74) is 2.41. The zero-order valence-electron chi connectivity index (χ0n) is 11.3. The summed E-state index contributed by atoms with van der Waals surface area (Å²) >= 11 is 6.04. The Labute approximate surface area is 115 Å². The van der Waals surface area contributed by atoms with Gasteiger partial charge in [-0.15, -0.1) is 0 Å². The molecule has 1 heterocycles. The van der Waals surface area contributed by atoms with Crippen molar-refractivity contribution in [2.24, 2.45) is 0 Å². The highest BCUT2D eigenvalue weighted by atomic mass is 35.5. The Hall–Kier alpha value is -0.730. The number of rotatable bonds is 4. The van der Waals surface area contributed by atoms with Gasteiger partial charge in [0, 0.05) is 22.8 Å². The Balaban J connectivity index is 1.89. The summed E-state index contributed by atoms with van der Waals surface area (Å²) < 4.78 is 0. The van der Waals surface area contributed by atoms with Crippen LogP contribution < -0.4 is 10.6 Å². The van der Waals surface area contributed by atoms with Crippen LogP contribution in [0.4, 0.5) is 5.69 Å². The van der Waals surface area contributed by atoms with E-state index in [0.717, 1.165) is 10.7 Å². The van der Waals surface area contributed by atoms with Crippen molar-refractivity contribution in [3.63, 3.8) is 0 Å². The van der Waals surface area contributed by atoms with E-state index in [1.165, 1.54) is 37.8 Å². The highest BCUT2D eigenvalue weighted by molar-refractivity contribution is 6.30. The minimum absolute atomic E-state index is 0.470. The van der Waals surface area contributed by atoms with Crippen molar-refractivity contribution in [3.8, 4) is 0 Å². The second-order valence-electron chi connectivity index (χ2n) is 5.39. The molecule has 100 valence electrons. The molecule has 0 aromatic heterocycles. The Morgan fingerprint density at radius 2 is 2.28 bits per heavy atom. The molecular weight excluding hydrogens is 244 g/mol. The van der Waals surface area contributed by atoms with Crippen molar-refractivity contribution in [2.75, 3.05) is 11.9 Å². The summed E-state index contributed by atoms with van der Waals surface area (Å²) in [7, 11) is 0. The van der Waals surface area contributed by atoms with Crippen LogP contribution in [-0.2, 0) is 0 Å². The van der Waals surface area contributed by atoms with Crippen LogP contribution in [0.15, 0.2) is 18.2 Å². The number of hydrogen-bond donors (Lipinski definition) is 2. The monoisotopic (exact) mass is 266 g/mol. The lowest BCUT2D eigenvalue weighted by Gasteiger charge is -2.27. The van der Waals surface area contributed by atoms with E-state index < -0.39 is 0 Å². The summed E-state index contributed by atoms with van der Waals surface area (Å²) in [5, 5.41) is 7.97. The van der Waals surface area contributed by atoms with Crippen LogP contribution in [0, 0.1) is 6.92 Å². The molecule has 2 atom stereocenters. The molecule has 2 N–H and O–H groups in total. The van der Waals surface area contributed by atoms with Crippen LogP contribution in [0.1, 0.15) is 38.2 Å². The zero-order chi connectivity index (χ0) is 13.0. The Morgan fingerprint density at radius 3 is 3.00 bits per heavy atom. The summed E-state index contributed by atoms with van der Waals surface area (Å²) in [6.07, 6.45) is 5.17. The Kier molecular flexibility index (Phi) is 4.90. The van der Waals surface area contributed by atoms with E-state index in [4.69, 9.17) is 11.6 Å². The van der Waals surface area contributed by atoms with Gasteiger partial charge in [-0.1, -0.05) is 24.1 Å². The lowest BCUT2D eigenvalue weighted by Crippen LogP contribution is -2.37. The maximum atomic E-state index is 6.04. The molecule has 1 aliphatic heterocycles. The summed E-state index contributed by atoms with van der Waals surface area (Å²) in [5.74, 6) is 0. The van der Waals surface area contributed by atoms with Crippen LogP contribution in [0.2, 0.25) is 5.02 Å². The first-order valence-electron chi connectivity index (χ1n) is 6.91. The number of benzene rings is 1. The average Bonchev–Trinajstić information content (AvgIpc) is 2.35. The number of aryl methyl sites for hydroxylation is 1. The maximum absolute atomic E-state index is 6.04. The standard InChI is InChI=1S/C15H23ClN2/c1-11-6-7-13(16)10-15(11)18-12(2)9-14-5-3-4-8-17-14/h6-7,10,12,14,17-18H,3-5,8-9H2,1-2H3. The predicted octanol–water partition coefficient (Wildman–Crippen LogP) is 3.98. The number of anilines is 1. The van der Waals surface area contributed by atoms with Gasteiger partial charge < -0.3 is 10.6 Å². The van der Waals surface area contributed by atoms with Gasteiger partial charge >= 0.3 is 0 Å². The minimum atomic E-state index is 0.470. The van der Waals surface area contributed by atoms with Crippen molar-refractivity contribution in [1.82, 2.24) is 5.32 Å². The van der Waals surface area contributed by atoms with Crippen molar-refractivity contribution in [3.05, 3.63) is 28.8 Å². The Morgan fingerprint density at radius 1 is 1.44 bits per heavy atom. The zero-order valence-corrected chi connectivity index (χ0v) is 12.1. The number of nitrogens with one attached hydrogen (secondary N) is 2. The maximum Gasteiger partial charge on any atom is 0.0426 e. The molecule has 2 rings (SSSR count). The highest BCUT2D eigenvalue weighted by Crippen LogP contribution is 2.22. The molecule has 0 amide bonds. The second-order valence-corrected chi connectivity index (χ2v) is 5.82. The first-order chi connectivity index (χ1) is 8.65. The quantitative estimate of drug-likeness (QED) is 0.861. The molecule has 0 spiro atoms. The highest BCUT2D eigenvalue weighted by Gasteiger charge is 2.16. The molecule has 3 heteroatoms. The van der Waals surface area contributed by atoms with E-state index in [9.17, 15) is 0 Å². The van der Waals surface area contributed by atoms with E-state index in [1.54, 1.807) is 0 Å². The van der Waals surface area contributed by atoms with Gasteiger partial charge in [0.1, 0.15) is 0 Å². The van der Waals surface area contributed by atoms with Crippen molar-refractivity contribution in [2.45, 2.75) is 51.6 Å². The van der Waals surface area contributed by atoms with Gasteiger partial charge in [0.2, 0.25) is 0 Å². The SMILES string of the molecule is Cc1ccc(Cl)cc1NC(C)CC1CCCCN1. The smallest absolute Gasteiger partial charge is 0.0426 e. The fraction of sp³-hybridized carbons (Fsp3) is 0.600. The lowest BCUT2D eigenvalue weighted by molar-refractivity contribution is 0.371. The number of hydrogen-bond acceptors (Lipinski definition) is 2. The molecule has 2 nitrogen and oxygen atoms in total. The molecule has 1 saturated heterocycles. The van der Waals surface area contributed by atoms with Gasteiger partial charge in [0.15, 0.2) is 0 Å². The molecule has 1 fully saturated rings.